The van der Waals surface area contributed by atoms with Gasteiger partial charge in [-0.1, -0.05) is 103 Å². The Bertz CT molecular complexity index is 1850. The Hall–Kier alpha value is -4.85. The first-order chi connectivity index (χ1) is 28.7. The number of pyridine rings is 1. The van der Waals surface area contributed by atoms with Gasteiger partial charge in [-0.05, 0) is 81.3 Å². The highest BCUT2D eigenvalue weighted by Gasteiger charge is 2.22. The first-order valence-corrected chi connectivity index (χ1v) is 20.7. The van der Waals surface area contributed by atoms with Gasteiger partial charge in [-0.15, -0.1) is 0 Å². The second kappa shape index (κ2) is 24.4. The number of aromatic nitrogens is 1. The van der Waals surface area contributed by atoms with E-state index in [-0.39, 0.29) is 36.7 Å². The SMILES string of the molecule is C=C/C1=C\C=C(/C(CCCOC(=O)Nc2cc(C(C)(C)C)cc(C(C)(C)C)c2)NC(=O)NC)COCc2cccc(n2)COCc2ccc(cc2)COCCOCCOC1. The maximum absolute atomic E-state index is 13.0. The maximum atomic E-state index is 13.0. The normalized spacial score (nSPS) is 17.9. The van der Waals surface area contributed by atoms with Gasteiger partial charge in [0.1, 0.15) is 0 Å². The van der Waals surface area contributed by atoms with Crippen molar-refractivity contribution < 1.29 is 38.0 Å². The number of anilines is 1. The van der Waals surface area contributed by atoms with Gasteiger partial charge in [0.2, 0.25) is 0 Å². The number of ether oxygens (including phenoxy) is 6. The molecule has 0 spiro atoms. The van der Waals surface area contributed by atoms with Gasteiger partial charge in [-0.3, -0.25) is 10.3 Å². The largest absolute Gasteiger partial charge is 0.449 e. The predicted octanol–water partition coefficient (Wildman–Crippen LogP) is 8.84. The highest BCUT2D eigenvalue weighted by molar-refractivity contribution is 5.85. The fourth-order valence-corrected chi connectivity index (χ4v) is 6.09. The molecule has 12 nitrogen and oxygen atoms in total. The summed E-state index contributed by atoms with van der Waals surface area (Å²) < 4.78 is 35.3. The van der Waals surface area contributed by atoms with Crippen LogP contribution in [0.25, 0.3) is 0 Å². The molecule has 0 aliphatic carbocycles. The molecule has 0 radical (unpaired) electrons. The molecule has 60 heavy (non-hydrogen) atoms. The fraction of sp³-hybridized carbons (Fsp3) is 0.479. The Balaban J connectivity index is 1.47. The summed E-state index contributed by atoms with van der Waals surface area (Å²) in [5, 5.41) is 8.64. The molecule has 2 aliphatic rings. The molecule has 326 valence electrons. The van der Waals surface area contributed by atoms with Crippen molar-refractivity contribution in [1.29, 1.82) is 0 Å². The third-order valence-corrected chi connectivity index (χ3v) is 9.74. The molecule has 5 rings (SSSR count). The van der Waals surface area contributed by atoms with E-state index in [1.165, 1.54) is 0 Å². The monoisotopic (exact) mass is 826 g/mol. The molecule has 0 fully saturated rings. The third-order valence-electron chi connectivity index (χ3n) is 9.74. The van der Waals surface area contributed by atoms with Gasteiger partial charge in [0, 0.05) is 12.7 Å². The highest BCUT2D eigenvalue weighted by Crippen LogP contribution is 2.32. The Morgan fingerprint density at radius 3 is 1.90 bits per heavy atom. The molecule has 1 atom stereocenters. The van der Waals surface area contributed by atoms with E-state index >= 15 is 0 Å². The molecular formula is C48H66N4O8. The van der Waals surface area contributed by atoms with Crippen molar-refractivity contribution in [1.82, 2.24) is 15.6 Å². The van der Waals surface area contributed by atoms with Crippen LogP contribution < -0.4 is 16.0 Å². The second-order valence-electron chi connectivity index (χ2n) is 16.8. The summed E-state index contributed by atoms with van der Waals surface area (Å²) in [5.74, 6) is 0. The summed E-state index contributed by atoms with van der Waals surface area (Å²) in [6, 6.07) is 19.3. The Kier molecular flexibility index (Phi) is 19.5. The molecule has 3 amide bonds. The first kappa shape index (κ1) is 47.8. The molecule has 2 aromatic carbocycles. The van der Waals surface area contributed by atoms with E-state index in [0.717, 1.165) is 44.8 Å². The first-order valence-electron chi connectivity index (χ1n) is 20.7. The lowest BCUT2D eigenvalue weighted by Crippen LogP contribution is -2.42. The molecule has 3 aromatic rings. The predicted molar refractivity (Wildman–Crippen MR) is 236 cm³/mol. The van der Waals surface area contributed by atoms with Crippen LogP contribution in [0.2, 0.25) is 0 Å². The summed E-state index contributed by atoms with van der Waals surface area (Å²) in [4.78, 5) is 30.6. The van der Waals surface area contributed by atoms with Crippen LogP contribution in [0.5, 0.6) is 0 Å². The number of benzene rings is 2. The quantitative estimate of drug-likeness (QED) is 0.150. The number of amides is 3. The maximum Gasteiger partial charge on any atom is 0.411 e. The number of carbonyl (C=O) groups is 2. The number of carbonyl (C=O) groups excluding carboxylic acids is 2. The average molecular weight is 827 g/mol. The molecule has 4 bridgehead atoms. The van der Waals surface area contributed by atoms with Crippen LogP contribution in [0, 0.1) is 0 Å². The topological polar surface area (TPSA) is 138 Å². The minimum Gasteiger partial charge on any atom is -0.449 e. The molecule has 0 saturated heterocycles. The summed E-state index contributed by atoms with van der Waals surface area (Å²) in [7, 11) is 1.57. The van der Waals surface area contributed by atoms with Crippen molar-refractivity contribution in [2.45, 2.75) is 97.7 Å². The second-order valence-corrected chi connectivity index (χ2v) is 16.8. The van der Waals surface area contributed by atoms with Gasteiger partial charge in [0.05, 0.1) is 90.1 Å². The lowest BCUT2D eigenvalue weighted by molar-refractivity contribution is 0.0145. The van der Waals surface area contributed by atoms with E-state index < -0.39 is 12.1 Å². The third kappa shape index (κ3) is 17.4. The van der Waals surface area contributed by atoms with Crippen molar-refractivity contribution in [2.75, 3.05) is 58.6 Å². The van der Waals surface area contributed by atoms with Gasteiger partial charge in [0.15, 0.2) is 0 Å². The van der Waals surface area contributed by atoms with E-state index in [4.69, 9.17) is 33.4 Å². The standard InChI is InChI=1S/C48H66N4O8/c1-9-35-19-20-38(44(52-45(53)49-8)14-11-21-60-46(54)51-43-27-39(47(2,3)4)26-40(28-43)48(5,6)7)32-59-34-42-13-10-12-41(50-42)33-58-31-37-17-15-36(16-18-37)30-57-25-23-55-22-24-56-29-35/h9-10,12-13,15-20,26-28,44H,1,11,14,21-25,29-34H2,2-8H3,(H,51,54)(H2,49,52,53)/b35-19+,38-20-. The van der Waals surface area contributed by atoms with Gasteiger partial charge in [-0.2, -0.15) is 0 Å². The summed E-state index contributed by atoms with van der Waals surface area (Å²) >= 11 is 0. The van der Waals surface area contributed by atoms with Crippen LogP contribution in [-0.4, -0.2) is 76.4 Å². The van der Waals surface area contributed by atoms with E-state index in [1.54, 1.807) is 13.1 Å². The van der Waals surface area contributed by atoms with Crippen molar-refractivity contribution in [3.05, 3.63) is 130 Å². The van der Waals surface area contributed by atoms with E-state index in [2.05, 4.69) is 70.1 Å². The molecule has 0 saturated carbocycles. The average Bonchev–Trinajstić information content (AvgIpc) is 3.21. The molecule has 3 heterocycles. The molecule has 12 heteroatoms. The Labute approximate surface area is 357 Å². The van der Waals surface area contributed by atoms with Crippen molar-refractivity contribution in [2.24, 2.45) is 0 Å². The van der Waals surface area contributed by atoms with Gasteiger partial charge in [0.25, 0.3) is 0 Å². The van der Waals surface area contributed by atoms with Crippen LogP contribution in [-0.2, 0) is 65.7 Å². The summed E-state index contributed by atoms with van der Waals surface area (Å²) in [6.45, 7) is 20.8. The van der Waals surface area contributed by atoms with Crippen molar-refractivity contribution in [3.8, 4) is 0 Å². The number of urea groups is 1. The molecule has 1 aromatic heterocycles. The molecule has 1 unspecified atom stereocenters. The van der Waals surface area contributed by atoms with E-state index in [1.807, 2.05) is 66.7 Å². The van der Waals surface area contributed by atoms with Gasteiger partial charge >= 0.3 is 12.1 Å². The molecular weight excluding hydrogens is 761 g/mol. The van der Waals surface area contributed by atoms with Crippen molar-refractivity contribution in [3.63, 3.8) is 0 Å². The minimum absolute atomic E-state index is 0.101. The van der Waals surface area contributed by atoms with E-state index in [9.17, 15) is 9.59 Å². The number of allylic oxidation sites excluding steroid dienone is 2. The molecule has 3 N–H and O–H groups in total. The summed E-state index contributed by atoms with van der Waals surface area (Å²) in [5.41, 5.74) is 8.04. The highest BCUT2D eigenvalue weighted by atomic mass is 16.6. The molecule has 2 aliphatic heterocycles. The number of hydrogen-bond acceptors (Lipinski definition) is 9. The summed E-state index contributed by atoms with van der Waals surface area (Å²) in [6.07, 6.45) is 5.96. The Morgan fingerprint density at radius 1 is 0.750 bits per heavy atom. The smallest absolute Gasteiger partial charge is 0.411 e. The zero-order valence-corrected chi connectivity index (χ0v) is 36.7. The number of hydrogen-bond donors (Lipinski definition) is 3. The Morgan fingerprint density at radius 2 is 1.32 bits per heavy atom. The van der Waals surface area contributed by atoms with Gasteiger partial charge < -0.3 is 39.1 Å². The lowest BCUT2D eigenvalue weighted by Gasteiger charge is -2.26. The van der Waals surface area contributed by atoms with E-state index in [0.29, 0.717) is 71.4 Å². The zero-order chi connectivity index (χ0) is 43.4. The number of nitrogens with one attached hydrogen (secondary N) is 3. The van der Waals surface area contributed by atoms with Crippen LogP contribution in [0.4, 0.5) is 15.3 Å². The fourth-order valence-electron chi connectivity index (χ4n) is 6.09. The van der Waals surface area contributed by atoms with Crippen LogP contribution in [0.15, 0.2) is 96.6 Å². The van der Waals surface area contributed by atoms with Crippen LogP contribution in [0.3, 0.4) is 0 Å². The van der Waals surface area contributed by atoms with Gasteiger partial charge in [-0.25, -0.2) is 9.59 Å². The zero-order valence-electron chi connectivity index (χ0n) is 36.7. The lowest BCUT2D eigenvalue weighted by atomic mass is 9.80. The van der Waals surface area contributed by atoms with Crippen LogP contribution >= 0.6 is 0 Å². The van der Waals surface area contributed by atoms with Crippen molar-refractivity contribution >= 4 is 17.8 Å². The number of fused-ring (bicyclic) bond motifs is 17. The number of rotatable bonds is 8. The minimum atomic E-state index is -0.541. The number of nitrogens with zero attached hydrogens (tertiary/aromatic N) is 1. The van der Waals surface area contributed by atoms with Crippen LogP contribution in [0.1, 0.15) is 88.0 Å².